The van der Waals surface area contributed by atoms with E-state index >= 15 is 0 Å². The number of amides is 3. The smallest absolute Gasteiger partial charge is 0.338 e. The average Bonchev–Trinajstić information content (AvgIpc) is 3.17. The van der Waals surface area contributed by atoms with Crippen molar-refractivity contribution in [3.05, 3.63) is 102 Å². The second-order valence-corrected chi connectivity index (χ2v) is 8.22. The van der Waals surface area contributed by atoms with Crippen molar-refractivity contribution in [3.8, 4) is 0 Å². The molecule has 1 heterocycles. The molecule has 4 rings (SSSR count). The first-order valence-electron chi connectivity index (χ1n) is 11.5. The molecule has 3 amide bonds. The van der Waals surface area contributed by atoms with Gasteiger partial charge >= 0.3 is 5.97 Å². The molecule has 1 aliphatic rings. The number of esters is 1. The number of imide groups is 1. The van der Waals surface area contributed by atoms with Crippen molar-refractivity contribution in [1.82, 2.24) is 4.90 Å². The van der Waals surface area contributed by atoms with Gasteiger partial charge in [-0.3, -0.25) is 14.4 Å². The maximum absolute atomic E-state index is 13.4. The molecule has 0 radical (unpaired) electrons. The van der Waals surface area contributed by atoms with E-state index in [9.17, 15) is 19.2 Å². The van der Waals surface area contributed by atoms with Gasteiger partial charge in [-0.1, -0.05) is 60.7 Å². The largest absolute Gasteiger partial charge is 0.462 e. The van der Waals surface area contributed by atoms with Crippen LogP contribution in [0.1, 0.15) is 34.8 Å². The van der Waals surface area contributed by atoms with Crippen molar-refractivity contribution in [2.45, 2.75) is 32.4 Å². The van der Waals surface area contributed by atoms with E-state index in [2.05, 4.69) is 0 Å². The first-order chi connectivity index (χ1) is 17.0. The lowest BCUT2D eigenvalue weighted by atomic mass is 10.1. The number of benzene rings is 3. The molecule has 7 nitrogen and oxygen atoms in total. The maximum atomic E-state index is 13.4. The summed E-state index contributed by atoms with van der Waals surface area (Å²) < 4.78 is 4.99. The van der Waals surface area contributed by atoms with Gasteiger partial charge in [0.25, 0.3) is 5.91 Å². The quantitative estimate of drug-likeness (QED) is 0.370. The fourth-order valence-electron chi connectivity index (χ4n) is 4.12. The zero-order valence-corrected chi connectivity index (χ0v) is 19.4. The summed E-state index contributed by atoms with van der Waals surface area (Å²) in [6.07, 6.45) is 0.0195. The first kappa shape index (κ1) is 23.9. The summed E-state index contributed by atoms with van der Waals surface area (Å²) in [5.74, 6) is -1.56. The van der Waals surface area contributed by atoms with Gasteiger partial charge in [-0.15, -0.1) is 0 Å². The second-order valence-electron chi connectivity index (χ2n) is 8.22. The second kappa shape index (κ2) is 10.8. The van der Waals surface area contributed by atoms with Crippen LogP contribution in [0.15, 0.2) is 84.9 Å². The molecular weight excluding hydrogens is 444 g/mol. The van der Waals surface area contributed by atoms with Gasteiger partial charge in [0.15, 0.2) is 0 Å². The van der Waals surface area contributed by atoms with Gasteiger partial charge in [0, 0.05) is 6.54 Å². The molecule has 0 spiro atoms. The van der Waals surface area contributed by atoms with Crippen LogP contribution in [0.2, 0.25) is 0 Å². The van der Waals surface area contributed by atoms with Gasteiger partial charge in [-0.25, -0.2) is 9.69 Å². The lowest BCUT2D eigenvalue weighted by Crippen LogP contribution is -2.45. The minimum Gasteiger partial charge on any atom is -0.462 e. The highest BCUT2D eigenvalue weighted by atomic mass is 16.5. The fourth-order valence-corrected chi connectivity index (χ4v) is 4.12. The van der Waals surface area contributed by atoms with E-state index in [1.165, 1.54) is 29.2 Å². The van der Waals surface area contributed by atoms with Crippen molar-refractivity contribution in [1.29, 1.82) is 0 Å². The third-order valence-corrected chi connectivity index (χ3v) is 5.85. The molecule has 0 aromatic heterocycles. The topological polar surface area (TPSA) is 84.0 Å². The summed E-state index contributed by atoms with van der Waals surface area (Å²) in [6, 6.07) is 23.9. The minimum atomic E-state index is -0.913. The van der Waals surface area contributed by atoms with Crippen molar-refractivity contribution in [2.24, 2.45) is 0 Å². The molecule has 1 fully saturated rings. The lowest BCUT2D eigenvalue weighted by molar-refractivity contribution is -0.138. The Morgan fingerprint density at radius 3 is 2.09 bits per heavy atom. The molecule has 1 atom stereocenters. The lowest BCUT2D eigenvalue weighted by Gasteiger charge is -2.28. The summed E-state index contributed by atoms with van der Waals surface area (Å²) in [4.78, 5) is 54.3. The van der Waals surface area contributed by atoms with Crippen LogP contribution in [0.3, 0.4) is 0 Å². The Balaban J connectivity index is 1.58. The van der Waals surface area contributed by atoms with Gasteiger partial charge in [0.2, 0.25) is 11.8 Å². The van der Waals surface area contributed by atoms with E-state index in [0.29, 0.717) is 11.3 Å². The van der Waals surface area contributed by atoms with Gasteiger partial charge in [-0.05, 0) is 42.3 Å². The predicted octanol–water partition coefficient (Wildman–Crippen LogP) is 3.77. The Hall–Kier alpha value is -4.26. The Labute approximate surface area is 203 Å². The number of hydrogen-bond donors (Lipinski definition) is 0. The monoisotopic (exact) mass is 470 g/mol. The molecule has 0 saturated carbocycles. The van der Waals surface area contributed by atoms with Crippen LogP contribution >= 0.6 is 0 Å². The number of ether oxygens (including phenoxy) is 1. The summed E-state index contributed by atoms with van der Waals surface area (Å²) in [6.45, 7) is 2.18. The van der Waals surface area contributed by atoms with Crippen molar-refractivity contribution in [2.75, 3.05) is 11.5 Å². The highest BCUT2D eigenvalue weighted by Crippen LogP contribution is 2.28. The molecule has 0 bridgehead atoms. The van der Waals surface area contributed by atoms with E-state index in [1.807, 2.05) is 60.7 Å². The highest BCUT2D eigenvalue weighted by molar-refractivity contribution is 6.23. The summed E-state index contributed by atoms with van der Waals surface area (Å²) in [5.41, 5.74) is 2.38. The molecule has 0 aliphatic carbocycles. The molecule has 1 saturated heterocycles. The van der Waals surface area contributed by atoms with Gasteiger partial charge in [-0.2, -0.15) is 0 Å². The van der Waals surface area contributed by atoms with Crippen LogP contribution in [0.25, 0.3) is 0 Å². The van der Waals surface area contributed by atoms with Crippen LogP contribution in [0.5, 0.6) is 0 Å². The van der Waals surface area contributed by atoms with E-state index < -0.39 is 23.8 Å². The molecule has 0 N–H and O–H groups in total. The number of rotatable bonds is 8. The van der Waals surface area contributed by atoms with Crippen LogP contribution < -0.4 is 4.90 Å². The van der Waals surface area contributed by atoms with E-state index in [-0.39, 0.29) is 31.9 Å². The van der Waals surface area contributed by atoms with Crippen molar-refractivity contribution >= 4 is 29.4 Å². The van der Waals surface area contributed by atoms with Crippen LogP contribution in [-0.2, 0) is 32.1 Å². The number of nitrogens with zero attached hydrogens (tertiary/aromatic N) is 2. The number of hydrogen-bond acceptors (Lipinski definition) is 5. The summed E-state index contributed by atoms with van der Waals surface area (Å²) in [7, 11) is 0. The Morgan fingerprint density at radius 1 is 0.886 bits per heavy atom. The van der Waals surface area contributed by atoms with E-state index in [4.69, 9.17) is 4.74 Å². The molecule has 1 aliphatic heterocycles. The number of carbonyl (C=O) groups is 4. The minimum absolute atomic E-state index is 0.105. The normalized spacial score (nSPS) is 15.2. The predicted molar refractivity (Wildman–Crippen MR) is 130 cm³/mol. The van der Waals surface area contributed by atoms with Crippen molar-refractivity contribution < 1.29 is 23.9 Å². The van der Waals surface area contributed by atoms with Crippen LogP contribution in [-0.4, -0.2) is 41.2 Å². The van der Waals surface area contributed by atoms with Gasteiger partial charge < -0.3 is 9.64 Å². The third-order valence-electron chi connectivity index (χ3n) is 5.85. The Bertz CT molecular complexity index is 1210. The third kappa shape index (κ3) is 5.46. The molecule has 178 valence electrons. The molecular formula is C28H26N2O5. The molecule has 3 aromatic carbocycles. The first-order valence-corrected chi connectivity index (χ1v) is 11.5. The number of anilines is 1. The maximum Gasteiger partial charge on any atom is 0.338 e. The summed E-state index contributed by atoms with van der Waals surface area (Å²) >= 11 is 0. The Kier molecular flexibility index (Phi) is 7.35. The molecule has 7 heteroatoms. The highest BCUT2D eigenvalue weighted by Gasteiger charge is 2.44. The van der Waals surface area contributed by atoms with Gasteiger partial charge in [0.1, 0.15) is 6.04 Å². The molecule has 35 heavy (non-hydrogen) atoms. The standard InChI is InChI=1S/C28H26N2O5/c1-2-35-28(34)22-13-15-23(16-14-22)30-26(32)18-24(27(30)33)29(19-21-11-7-4-8-12-21)25(31)17-20-9-5-3-6-10-20/h3-16,24H,2,17-19H2,1H3. The number of carbonyl (C=O) groups excluding carboxylic acids is 4. The molecule has 1 unspecified atom stereocenters. The van der Waals surface area contributed by atoms with Crippen LogP contribution in [0.4, 0.5) is 5.69 Å². The summed E-state index contributed by atoms with van der Waals surface area (Å²) in [5, 5.41) is 0. The Morgan fingerprint density at radius 2 is 1.49 bits per heavy atom. The molecule has 3 aromatic rings. The van der Waals surface area contributed by atoms with E-state index in [0.717, 1.165) is 16.0 Å². The average molecular weight is 471 g/mol. The van der Waals surface area contributed by atoms with Crippen molar-refractivity contribution in [3.63, 3.8) is 0 Å². The van der Waals surface area contributed by atoms with Crippen LogP contribution in [0, 0.1) is 0 Å². The zero-order valence-electron chi connectivity index (χ0n) is 19.4. The zero-order chi connectivity index (χ0) is 24.8. The van der Waals surface area contributed by atoms with E-state index in [1.54, 1.807) is 6.92 Å². The fraction of sp³-hybridized carbons (Fsp3) is 0.214. The van der Waals surface area contributed by atoms with Gasteiger partial charge in [0.05, 0.1) is 30.7 Å². The SMILES string of the molecule is CCOC(=O)c1ccc(N2C(=O)CC(N(Cc3ccccc3)C(=O)Cc3ccccc3)C2=O)cc1.